The second-order valence-electron chi connectivity index (χ2n) is 13.6. The number of hydrogen-bond donors (Lipinski definition) is 5. The molecular weight excluding hydrogens is 721 g/mol. The number of anilines is 2. The van der Waals surface area contributed by atoms with Crippen molar-refractivity contribution in [2.45, 2.75) is 0 Å². The highest BCUT2D eigenvalue weighted by molar-refractivity contribution is 5.96. The molecule has 0 aliphatic heterocycles. The van der Waals surface area contributed by atoms with Gasteiger partial charge in [0.25, 0.3) is 11.8 Å². The van der Waals surface area contributed by atoms with Crippen LogP contribution in [0.2, 0.25) is 0 Å². The molecule has 4 aromatic heterocycles. The van der Waals surface area contributed by atoms with Crippen molar-refractivity contribution in [2.75, 3.05) is 72.9 Å². The summed E-state index contributed by atoms with van der Waals surface area (Å²) >= 11 is 0. The summed E-state index contributed by atoms with van der Waals surface area (Å²) in [6.45, 7) is 2.72. The van der Waals surface area contributed by atoms with E-state index in [0.29, 0.717) is 52.9 Å². The number of likely N-dealkylation sites (N-methyl/N-ethyl adjacent to an activating group) is 2. The molecule has 0 saturated heterocycles. The molecule has 0 bridgehead atoms. The molecule has 0 fully saturated rings. The molecule has 14 heteroatoms. The van der Waals surface area contributed by atoms with Crippen molar-refractivity contribution >= 4 is 23.5 Å². The van der Waals surface area contributed by atoms with E-state index in [2.05, 4.69) is 30.6 Å². The number of nitrogens with zero attached hydrogens (tertiary/aromatic N) is 5. The van der Waals surface area contributed by atoms with Crippen LogP contribution in [0, 0.1) is 0 Å². The molecule has 294 valence electrons. The van der Waals surface area contributed by atoms with Crippen LogP contribution in [0.25, 0.3) is 44.5 Å². The van der Waals surface area contributed by atoms with Gasteiger partial charge in [0, 0.05) is 96.5 Å². The number of hydrogen-bond acceptors (Lipinski definition) is 11. The van der Waals surface area contributed by atoms with E-state index in [-0.39, 0.29) is 17.4 Å². The van der Waals surface area contributed by atoms with Gasteiger partial charge in [0.15, 0.2) is 0 Å². The van der Waals surface area contributed by atoms with Gasteiger partial charge < -0.3 is 41.6 Å². The standard InChI is InChI=1S/C22H25N5O2.C21H23N5O2/c1-27(2)10-9-25-22(28)17-6-4-5-15(11-17)18-12-19(21(23)26-14-18)16-7-8-24-20(13-16)29-3;1-26(2)9-8-24-21(28)16-5-3-4-14(10-16)17-11-18(20(22)25-13-17)15-6-7-23-19(27)12-15/h4-8,11-14H,9-10H2,1-3H3,(H2,23,26)(H,25,28);3-7,10-13H,8-9H2,1-2H3,(H2,22,25)(H,23,27)(H,24,28). The summed E-state index contributed by atoms with van der Waals surface area (Å²) < 4.78 is 5.20. The number of nitrogen functional groups attached to an aromatic ring is 2. The predicted octanol–water partition coefficient (Wildman–Crippen LogP) is 4.67. The van der Waals surface area contributed by atoms with Crippen LogP contribution < -0.4 is 32.4 Å². The minimum Gasteiger partial charge on any atom is -0.481 e. The van der Waals surface area contributed by atoms with Gasteiger partial charge in [-0.05, 0) is 99.0 Å². The maximum Gasteiger partial charge on any atom is 0.251 e. The molecular formula is C43H48N10O4. The summed E-state index contributed by atoms with van der Waals surface area (Å²) in [6, 6.07) is 25.5. The van der Waals surface area contributed by atoms with E-state index >= 15 is 0 Å². The normalized spacial score (nSPS) is 10.8. The zero-order chi connectivity index (χ0) is 40.9. The summed E-state index contributed by atoms with van der Waals surface area (Å²) in [7, 11) is 9.42. The van der Waals surface area contributed by atoms with Gasteiger partial charge in [-0.2, -0.15) is 0 Å². The predicted molar refractivity (Wildman–Crippen MR) is 226 cm³/mol. The molecule has 57 heavy (non-hydrogen) atoms. The lowest BCUT2D eigenvalue weighted by atomic mass is 10.00. The minimum atomic E-state index is -0.210. The first-order valence-electron chi connectivity index (χ1n) is 18.2. The third kappa shape index (κ3) is 11.6. The number of ether oxygens (including phenoxy) is 1. The number of methoxy groups -OCH3 is 1. The minimum absolute atomic E-state index is 0.101. The van der Waals surface area contributed by atoms with Crippen molar-refractivity contribution in [3.63, 3.8) is 0 Å². The van der Waals surface area contributed by atoms with E-state index in [4.69, 9.17) is 16.2 Å². The summed E-state index contributed by atoms with van der Waals surface area (Å²) in [5.41, 5.74) is 19.5. The second-order valence-corrected chi connectivity index (χ2v) is 13.6. The van der Waals surface area contributed by atoms with Crippen LogP contribution in [-0.4, -0.2) is 103 Å². The van der Waals surface area contributed by atoms with Gasteiger partial charge in [0.05, 0.1) is 7.11 Å². The lowest BCUT2D eigenvalue weighted by molar-refractivity contribution is 0.0943. The fourth-order valence-corrected chi connectivity index (χ4v) is 5.70. The molecule has 6 aromatic rings. The molecule has 0 spiro atoms. The Labute approximate surface area is 332 Å². The van der Waals surface area contributed by atoms with Crippen LogP contribution in [0.3, 0.4) is 0 Å². The smallest absolute Gasteiger partial charge is 0.251 e. The van der Waals surface area contributed by atoms with E-state index in [1.165, 1.54) is 6.07 Å². The molecule has 6 rings (SSSR count). The zero-order valence-corrected chi connectivity index (χ0v) is 32.7. The topological polar surface area (TPSA) is 197 Å². The number of H-pyrrole nitrogens is 1. The van der Waals surface area contributed by atoms with Gasteiger partial charge in [-0.15, -0.1) is 0 Å². The van der Waals surface area contributed by atoms with Gasteiger partial charge >= 0.3 is 0 Å². The number of aromatic nitrogens is 4. The Hall–Kier alpha value is -6.90. The van der Waals surface area contributed by atoms with Crippen molar-refractivity contribution in [3.8, 4) is 50.4 Å². The third-order valence-corrected chi connectivity index (χ3v) is 8.78. The Morgan fingerprint density at radius 1 is 0.649 bits per heavy atom. The molecule has 7 N–H and O–H groups in total. The van der Waals surface area contributed by atoms with Crippen LogP contribution in [0.15, 0.2) is 115 Å². The Kier molecular flexibility index (Phi) is 14.2. The van der Waals surface area contributed by atoms with Gasteiger partial charge in [-0.25, -0.2) is 15.0 Å². The highest BCUT2D eigenvalue weighted by Gasteiger charge is 2.13. The summed E-state index contributed by atoms with van der Waals surface area (Å²) in [5.74, 6) is 1.04. The molecule has 0 saturated carbocycles. The summed E-state index contributed by atoms with van der Waals surface area (Å²) in [6.07, 6.45) is 6.61. The molecule has 2 amide bonds. The number of pyridine rings is 4. The molecule has 0 unspecified atom stereocenters. The number of carbonyl (C=O) groups is 2. The lowest BCUT2D eigenvalue weighted by Crippen LogP contribution is -2.31. The maximum atomic E-state index is 12.4. The molecule has 2 aromatic carbocycles. The quantitative estimate of drug-likeness (QED) is 0.110. The molecule has 14 nitrogen and oxygen atoms in total. The van der Waals surface area contributed by atoms with Crippen molar-refractivity contribution < 1.29 is 14.3 Å². The molecule has 4 heterocycles. The Balaban J connectivity index is 0.000000218. The van der Waals surface area contributed by atoms with Gasteiger partial charge in [0.2, 0.25) is 11.4 Å². The zero-order valence-electron chi connectivity index (χ0n) is 32.7. The monoisotopic (exact) mass is 768 g/mol. The molecule has 0 atom stereocenters. The van der Waals surface area contributed by atoms with Crippen LogP contribution in [0.1, 0.15) is 20.7 Å². The number of nitrogens with one attached hydrogen (secondary N) is 3. The van der Waals surface area contributed by atoms with Crippen LogP contribution in [0.4, 0.5) is 11.6 Å². The number of aromatic amines is 1. The van der Waals surface area contributed by atoms with E-state index in [9.17, 15) is 14.4 Å². The third-order valence-electron chi connectivity index (χ3n) is 8.78. The first-order chi connectivity index (χ1) is 27.4. The van der Waals surface area contributed by atoms with Gasteiger partial charge in [0.1, 0.15) is 11.6 Å². The fourth-order valence-electron chi connectivity index (χ4n) is 5.70. The Bertz CT molecular complexity index is 2380. The highest BCUT2D eigenvalue weighted by Crippen LogP contribution is 2.32. The van der Waals surface area contributed by atoms with Crippen molar-refractivity contribution in [2.24, 2.45) is 0 Å². The van der Waals surface area contributed by atoms with Crippen LogP contribution in [-0.2, 0) is 0 Å². The van der Waals surface area contributed by atoms with E-state index in [1.54, 1.807) is 50.1 Å². The number of amides is 2. The SMILES string of the molecule is CN(C)CCNC(=O)c1cccc(-c2cnc(N)c(-c3cc[nH]c(=O)c3)c2)c1.COc1cc(-c2cc(-c3cccc(C(=O)NCCN(C)C)c3)cnc2N)ccn1. The average molecular weight is 769 g/mol. The second kappa shape index (κ2) is 19.6. The largest absolute Gasteiger partial charge is 0.481 e. The fraction of sp³-hybridized carbons (Fsp3) is 0.209. The van der Waals surface area contributed by atoms with E-state index in [0.717, 1.165) is 46.5 Å². The Morgan fingerprint density at radius 3 is 1.63 bits per heavy atom. The first-order valence-corrected chi connectivity index (χ1v) is 18.2. The van der Waals surface area contributed by atoms with Gasteiger partial charge in [-0.3, -0.25) is 14.4 Å². The van der Waals surface area contributed by atoms with Crippen LogP contribution in [0.5, 0.6) is 5.88 Å². The first kappa shape index (κ1) is 41.3. The average Bonchev–Trinajstić information content (AvgIpc) is 3.21. The van der Waals surface area contributed by atoms with Crippen molar-refractivity contribution in [3.05, 3.63) is 131 Å². The maximum absolute atomic E-state index is 12.4. The van der Waals surface area contributed by atoms with Crippen LogP contribution >= 0.6 is 0 Å². The van der Waals surface area contributed by atoms with Crippen molar-refractivity contribution in [1.82, 2.24) is 40.4 Å². The van der Waals surface area contributed by atoms with E-state index < -0.39 is 0 Å². The van der Waals surface area contributed by atoms with Crippen molar-refractivity contribution in [1.29, 1.82) is 0 Å². The number of rotatable bonds is 13. The lowest BCUT2D eigenvalue weighted by Gasteiger charge is -2.12. The number of nitrogens with two attached hydrogens (primary N) is 2. The number of carbonyl (C=O) groups excluding carboxylic acids is 2. The summed E-state index contributed by atoms with van der Waals surface area (Å²) in [5, 5.41) is 5.84. The molecule has 0 aliphatic carbocycles. The Morgan fingerprint density at radius 2 is 1.16 bits per heavy atom. The number of benzene rings is 2. The van der Waals surface area contributed by atoms with E-state index in [1.807, 2.05) is 98.7 Å². The molecule has 0 radical (unpaired) electrons. The highest BCUT2D eigenvalue weighted by atomic mass is 16.5. The molecule has 0 aliphatic rings. The van der Waals surface area contributed by atoms with Gasteiger partial charge in [-0.1, -0.05) is 24.3 Å². The summed E-state index contributed by atoms with van der Waals surface area (Å²) in [4.78, 5) is 55.8.